The molecule has 0 bridgehead atoms. The van der Waals surface area contributed by atoms with Crippen LogP contribution in [0.5, 0.6) is 5.75 Å². The fourth-order valence-electron chi connectivity index (χ4n) is 3.45. The molecule has 0 radical (unpaired) electrons. The van der Waals surface area contributed by atoms with Crippen LogP contribution < -0.4 is 10.3 Å². The number of nitro benzene ring substituents is 1. The molecule has 3 aromatic carbocycles. The Balaban J connectivity index is 1.76. The zero-order valence-corrected chi connectivity index (χ0v) is 20.2. The zero-order valence-electron chi connectivity index (χ0n) is 18.6. The quantitative estimate of drug-likeness (QED) is 0.184. The lowest BCUT2D eigenvalue weighted by molar-refractivity contribution is -0.385. The monoisotopic (exact) mass is 520 g/mol. The van der Waals surface area contributed by atoms with E-state index in [1.54, 1.807) is 24.3 Å². The maximum atomic E-state index is 13.1. The van der Waals surface area contributed by atoms with Crippen LogP contribution in [0.15, 0.2) is 75.0 Å². The first-order valence-corrected chi connectivity index (χ1v) is 11.4. The molecule has 0 unspecified atom stereocenters. The van der Waals surface area contributed by atoms with E-state index in [0.717, 1.165) is 15.6 Å². The summed E-state index contributed by atoms with van der Waals surface area (Å²) >= 11 is 3.38. The molecule has 0 aliphatic heterocycles. The van der Waals surface area contributed by atoms with Gasteiger partial charge in [-0.25, -0.2) is 4.98 Å². The van der Waals surface area contributed by atoms with Gasteiger partial charge in [0.25, 0.3) is 5.56 Å². The predicted octanol–water partition coefficient (Wildman–Crippen LogP) is 5.40. The smallest absolute Gasteiger partial charge is 0.311 e. The van der Waals surface area contributed by atoms with Crippen LogP contribution in [0.4, 0.5) is 5.69 Å². The van der Waals surface area contributed by atoms with Gasteiger partial charge in [-0.1, -0.05) is 58.7 Å². The molecule has 4 rings (SSSR count). The Labute approximate surface area is 203 Å². The first-order chi connectivity index (χ1) is 16.4. The molecule has 172 valence electrons. The molecular formula is C25H21BrN4O4. The summed E-state index contributed by atoms with van der Waals surface area (Å²) in [4.78, 5) is 28.8. The molecule has 0 aliphatic carbocycles. The van der Waals surface area contributed by atoms with Crippen LogP contribution in [0.1, 0.15) is 29.4 Å². The van der Waals surface area contributed by atoms with Crippen LogP contribution >= 0.6 is 15.9 Å². The largest absolute Gasteiger partial charge is 0.481 e. The Kier molecular flexibility index (Phi) is 6.83. The fraction of sp³-hybridized carbons (Fsp3) is 0.160. The van der Waals surface area contributed by atoms with Gasteiger partial charge in [-0.15, -0.1) is 0 Å². The van der Waals surface area contributed by atoms with Crippen molar-refractivity contribution < 1.29 is 9.66 Å². The number of nitrogens with zero attached hydrogens (tertiary/aromatic N) is 4. The van der Waals surface area contributed by atoms with Crippen LogP contribution in [-0.4, -0.2) is 20.8 Å². The van der Waals surface area contributed by atoms with Gasteiger partial charge in [0, 0.05) is 22.5 Å². The zero-order chi connectivity index (χ0) is 24.2. The number of ether oxygens (including phenoxy) is 1. The summed E-state index contributed by atoms with van der Waals surface area (Å²) in [5, 5.41) is 16.4. The van der Waals surface area contributed by atoms with Gasteiger partial charge in [0.05, 0.1) is 22.0 Å². The third kappa shape index (κ3) is 4.89. The van der Waals surface area contributed by atoms with Crippen molar-refractivity contribution in [1.82, 2.24) is 9.66 Å². The Morgan fingerprint density at radius 3 is 2.65 bits per heavy atom. The van der Waals surface area contributed by atoms with Gasteiger partial charge in [0.1, 0.15) is 12.4 Å². The van der Waals surface area contributed by atoms with Crippen LogP contribution in [0.2, 0.25) is 0 Å². The molecule has 9 heteroatoms. The summed E-state index contributed by atoms with van der Waals surface area (Å²) in [6.07, 6.45) is 1.87. The minimum absolute atomic E-state index is 0.0828. The van der Waals surface area contributed by atoms with Gasteiger partial charge >= 0.3 is 5.69 Å². The maximum absolute atomic E-state index is 13.1. The van der Waals surface area contributed by atoms with E-state index < -0.39 is 4.92 Å². The molecule has 1 aromatic heterocycles. The number of benzene rings is 3. The van der Waals surface area contributed by atoms with E-state index in [-0.39, 0.29) is 23.6 Å². The normalized spacial score (nSPS) is 11.3. The number of hydrogen-bond donors (Lipinski definition) is 0. The average Bonchev–Trinajstić information content (AvgIpc) is 2.83. The summed E-state index contributed by atoms with van der Waals surface area (Å²) in [6, 6.07) is 17.6. The van der Waals surface area contributed by atoms with E-state index in [1.807, 2.05) is 44.2 Å². The van der Waals surface area contributed by atoms with Crippen molar-refractivity contribution in [2.45, 2.75) is 26.9 Å². The molecule has 0 saturated heterocycles. The van der Waals surface area contributed by atoms with Crippen LogP contribution in [0.3, 0.4) is 0 Å². The Hall–Kier alpha value is -3.85. The van der Waals surface area contributed by atoms with Gasteiger partial charge in [0.15, 0.2) is 0 Å². The molecule has 4 aromatic rings. The molecule has 0 fully saturated rings. The van der Waals surface area contributed by atoms with E-state index >= 15 is 0 Å². The van der Waals surface area contributed by atoms with E-state index in [1.165, 1.54) is 17.0 Å². The molecule has 34 heavy (non-hydrogen) atoms. The Morgan fingerprint density at radius 1 is 1.18 bits per heavy atom. The van der Waals surface area contributed by atoms with Crippen LogP contribution in [-0.2, 0) is 13.0 Å². The number of nitro groups is 1. The number of fused-ring (bicyclic) bond motifs is 1. The highest BCUT2D eigenvalue weighted by Gasteiger charge is 2.19. The lowest BCUT2D eigenvalue weighted by Crippen LogP contribution is -2.22. The summed E-state index contributed by atoms with van der Waals surface area (Å²) in [7, 11) is 0. The second-order valence-corrected chi connectivity index (χ2v) is 8.55. The lowest BCUT2D eigenvalue weighted by atomic mass is 10.1. The van der Waals surface area contributed by atoms with E-state index in [4.69, 9.17) is 4.74 Å². The number of halogens is 1. The molecule has 0 spiro atoms. The second kappa shape index (κ2) is 9.96. The summed E-state index contributed by atoms with van der Waals surface area (Å²) in [5.41, 5.74) is 2.43. The van der Waals surface area contributed by atoms with Gasteiger partial charge in [-0.3, -0.25) is 14.9 Å². The van der Waals surface area contributed by atoms with Crippen molar-refractivity contribution in [3.63, 3.8) is 0 Å². The van der Waals surface area contributed by atoms with Crippen LogP contribution in [0.25, 0.3) is 10.9 Å². The first kappa shape index (κ1) is 23.3. The van der Waals surface area contributed by atoms with Gasteiger partial charge in [0.2, 0.25) is 5.75 Å². The molecule has 0 amide bonds. The third-order valence-electron chi connectivity index (χ3n) is 5.23. The molecular weight excluding hydrogens is 500 g/mol. The number of aromatic nitrogens is 2. The Morgan fingerprint density at radius 2 is 1.94 bits per heavy atom. The first-order valence-electron chi connectivity index (χ1n) is 10.6. The minimum Gasteiger partial charge on any atom is -0.481 e. The van der Waals surface area contributed by atoms with Crippen molar-refractivity contribution in [1.29, 1.82) is 0 Å². The highest BCUT2D eigenvalue weighted by Crippen LogP contribution is 2.31. The van der Waals surface area contributed by atoms with E-state index in [9.17, 15) is 14.9 Å². The van der Waals surface area contributed by atoms with Gasteiger partial charge in [-0.05, 0) is 36.8 Å². The van der Waals surface area contributed by atoms with Gasteiger partial charge in [-0.2, -0.15) is 9.78 Å². The highest BCUT2D eigenvalue weighted by atomic mass is 79.9. The minimum atomic E-state index is -0.499. The van der Waals surface area contributed by atoms with Crippen molar-refractivity contribution >= 4 is 38.7 Å². The Bertz CT molecular complexity index is 1460. The standard InChI is InChI=1S/C25H21BrN4O4/c1-3-23-28-21-12-11-19(26)13-20(21)25(31)29(23)27-14-18-5-4-6-22(30(32)33)24(18)34-15-17-9-7-16(2)8-10-17/h4-14H,3,15H2,1-2H3. The van der Waals surface area contributed by atoms with Crippen molar-refractivity contribution in [3.05, 3.63) is 108 Å². The van der Waals surface area contributed by atoms with Crippen molar-refractivity contribution in [2.24, 2.45) is 5.10 Å². The van der Waals surface area contributed by atoms with E-state index in [2.05, 4.69) is 26.0 Å². The maximum Gasteiger partial charge on any atom is 0.311 e. The van der Waals surface area contributed by atoms with Crippen molar-refractivity contribution in [2.75, 3.05) is 0 Å². The highest BCUT2D eigenvalue weighted by molar-refractivity contribution is 9.10. The van der Waals surface area contributed by atoms with Crippen LogP contribution in [0, 0.1) is 17.0 Å². The summed E-state index contributed by atoms with van der Waals surface area (Å²) in [6.45, 7) is 4.01. The number of para-hydroxylation sites is 1. The average molecular weight is 521 g/mol. The number of hydrogen-bond acceptors (Lipinski definition) is 6. The molecule has 0 N–H and O–H groups in total. The van der Waals surface area contributed by atoms with Gasteiger partial charge < -0.3 is 4.74 Å². The number of aryl methyl sites for hydroxylation is 2. The topological polar surface area (TPSA) is 99.6 Å². The SMILES string of the molecule is CCc1nc2ccc(Br)cc2c(=O)n1N=Cc1cccc([N+](=O)[O-])c1OCc1ccc(C)cc1. The number of rotatable bonds is 7. The molecule has 0 saturated carbocycles. The van der Waals surface area contributed by atoms with E-state index in [0.29, 0.717) is 28.7 Å². The molecule has 0 aliphatic rings. The molecule has 1 heterocycles. The predicted molar refractivity (Wildman–Crippen MR) is 135 cm³/mol. The molecule has 8 nitrogen and oxygen atoms in total. The molecule has 0 atom stereocenters. The summed E-state index contributed by atoms with van der Waals surface area (Å²) in [5.74, 6) is 0.558. The second-order valence-electron chi connectivity index (χ2n) is 7.63. The van der Waals surface area contributed by atoms with Crippen molar-refractivity contribution in [3.8, 4) is 5.75 Å². The third-order valence-corrected chi connectivity index (χ3v) is 5.72. The summed E-state index contributed by atoms with van der Waals surface area (Å²) < 4.78 is 7.85. The lowest BCUT2D eigenvalue weighted by Gasteiger charge is -2.11. The fourth-order valence-corrected chi connectivity index (χ4v) is 3.81.